The normalized spacial score (nSPS) is 11.2. The second-order valence-electron chi connectivity index (χ2n) is 3.82. The van der Waals surface area contributed by atoms with Crippen LogP contribution in [0.4, 0.5) is 0 Å². The number of fused-ring (bicyclic) bond motifs is 1. The molecule has 0 amide bonds. The minimum atomic E-state index is 0.526. The van der Waals surface area contributed by atoms with E-state index in [1.165, 1.54) is 0 Å². The summed E-state index contributed by atoms with van der Waals surface area (Å²) < 4.78 is 7.18. The SMILES string of the molecule is COCCc1nc2c(CN)cccc2n1C. The number of para-hydroxylation sites is 1. The van der Waals surface area contributed by atoms with E-state index in [9.17, 15) is 0 Å². The molecule has 0 bridgehead atoms. The van der Waals surface area contributed by atoms with E-state index in [1.54, 1.807) is 7.11 Å². The van der Waals surface area contributed by atoms with Crippen molar-refractivity contribution in [1.82, 2.24) is 9.55 Å². The molecule has 2 rings (SSSR count). The van der Waals surface area contributed by atoms with Crippen LogP contribution >= 0.6 is 0 Å². The largest absolute Gasteiger partial charge is 0.384 e. The first-order valence-corrected chi connectivity index (χ1v) is 5.40. The Hall–Kier alpha value is -1.39. The molecule has 1 heterocycles. The number of aryl methyl sites for hydroxylation is 1. The summed E-state index contributed by atoms with van der Waals surface area (Å²) in [6.07, 6.45) is 0.825. The molecule has 0 aliphatic carbocycles. The second-order valence-corrected chi connectivity index (χ2v) is 3.82. The van der Waals surface area contributed by atoms with Crippen LogP contribution in [0, 0.1) is 0 Å². The Balaban J connectivity index is 2.49. The second kappa shape index (κ2) is 4.63. The fraction of sp³-hybridized carbons (Fsp3) is 0.417. The van der Waals surface area contributed by atoms with Gasteiger partial charge in [-0.3, -0.25) is 0 Å². The van der Waals surface area contributed by atoms with E-state index in [0.717, 1.165) is 28.8 Å². The number of nitrogens with two attached hydrogens (primary N) is 1. The van der Waals surface area contributed by atoms with Gasteiger partial charge in [-0.05, 0) is 11.6 Å². The van der Waals surface area contributed by atoms with Gasteiger partial charge in [-0.2, -0.15) is 0 Å². The van der Waals surface area contributed by atoms with E-state index in [4.69, 9.17) is 10.5 Å². The summed E-state index contributed by atoms with van der Waals surface area (Å²) >= 11 is 0. The number of benzene rings is 1. The van der Waals surface area contributed by atoms with E-state index < -0.39 is 0 Å². The lowest BCUT2D eigenvalue weighted by Gasteiger charge is -2.01. The van der Waals surface area contributed by atoms with E-state index in [0.29, 0.717) is 13.2 Å². The first kappa shape index (κ1) is 11.1. The van der Waals surface area contributed by atoms with Crippen LogP contribution in [0.5, 0.6) is 0 Å². The number of ether oxygens (including phenoxy) is 1. The molecule has 0 saturated carbocycles. The van der Waals surface area contributed by atoms with Crippen LogP contribution in [0.1, 0.15) is 11.4 Å². The van der Waals surface area contributed by atoms with E-state index in [1.807, 2.05) is 19.2 Å². The van der Waals surface area contributed by atoms with Gasteiger partial charge in [0, 0.05) is 27.1 Å². The van der Waals surface area contributed by atoms with Crippen molar-refractivity contribution >= 4 is 11.0 Å². The molecule has 0 spiro atoms. The van der Waals surface area contributed by atoms with E-state index in [2.05, 4.69) is 15.6 Å². The topological polar surface area (TPSA) is 53.1 Å². The molecular weight excluding hydrogens is 202 g/mol. The molecule has 0 fully saturated rings. The van der Waals surface area contributed by atoms with Crippen LogP contribution in [0.25, 0.3) is 11.0 Å². The maximum Gasteiger partial charge on any atom is 0.111 e. The average molecular weight is 219 g/mol. The van der Waals surface area contributed by atoms with E-state index in [-0.39, 0.29) is 0 Å². The highest BCUT2D eigenvalue weighted by molar-refractivity contribution is 5.79. The smallest absolute Gasteiger partial charge is 0.111 e. The van der Waals surface area contributed by atoms with Crippen LogP contribution in [-0.2, 0) is 24.8 Å². The molecule has 4 nitrogen and oxygen atoms in total. The summed E-state index contributed by atoms with van der Waals surface area (Å²) in [6, 6.07) is 6.11. The lowest BCUT2D eigenvalue weighted by Crippen LogP contribution is -2.02. The summed E-state index contributed by atoms with van der Waals surface area (Å²) in [7, 11) is 3.73. The molecule has 0 radical (unpaired) electrons. The molecule has 1 aromatic carbocycles. The molecule has 4 heteroatoms. The van der Waals surface area contributed by atoms with Crippen molar-refractivity contribution in [2.24, 2.45) is 12.8 Å². The fourth-order valence-electron chi connectivity index (χ4n) is 1.90. The Morgan fingerprint density at radius 2 is 2.25 bits per heavy atom. The van der Waals surface area contributed by atoms with Gasteiger partial charge in [0.25, 0.3) is 0 Å². The predicted molar refractivity (Wildman–Crippen MR) is 64.2 cm³/mol. The molecule has 0 unspecified atom stereocenters. The molecule has 0 aliphatic heterocycles. The molecule has 86 valence electrons. The minimum Gasteiger partial charge on any atom is -0.384 e. The average Bonchev–Trinajstić information content (AvgIpc) is 2.64. The quantitative estimate of drug-likeness (QED) is 0.841. The van der Waals surface area contributed by atoms with Crippen molar-refractivity contribution in [1.29, 1.82) is 0 Å². The van der Waals surface area contributed by atoms with Crippen molar-refractivity contribution in [2.75, 3.05) is 13.7 Å². The van der Waals surface area contributed by atoms with Gasteiger partial charge in [-0.1, -0.05) is 12.1 Å². The molecular formula is C12H17N3O. The zero-order valence-corrected chi connectivity index (χ0v) is 9.73. The van der Waals surface area contributed by atoms with Gasteiger partial charge < -0.3 is 15.0 Å². The number of nitrogens with zero attached hydrogens (tertiary/aromatic N) is 2. The predicted octanol–water partition coefficient (Wildman–Crippen LogP) is 1.22. The Labute approximate surface area is 95.0 Å². The van der Waals surface area contributed by atoms with Gasteiger partial charge in [-0.25, -0.2) is 4.98 Å². The number of aromatic nitrogens is 2. The maximum atomic E-state index is 5.70. The first-order chi connectivity index (χ1) is 7.77. The number of imidazole rings is 1. The summed E-state index contributed by atoms with van der Waals surface area (Å²) in [5, 5.41) is 0. The number of hydrogen-bond acceptors (Lipinski definition) is 3. The first-order valence-electron chi connectivity index (χ1n) is 5.40. The van der Waals surface area contributed by atoms with Gasteiger partial charge in [0.1, 0.15) is 5.82 Å². The van der Waals surface area contributed by atoms with Crippen molar-refractivity contribution < 1.29 is 4.74 Å². The fourth-order valence-corrected chi connectivity index (χ4v) is 1.90. The molecule has 16 heavy (non-hydrogen) atoms. The highest BCUT2D eigenvalue weighted by Gasteiger charge is 2.09. The Morgan fingerprint density at radius 1 is 1.44 bits per heavy atom. The summed E-state index contributed by atoms with van der Waals surface area (Å²) in [5.41, 5.74) is 8.94. The third kappa shape index (κ3) is 1.81. The van der Waals surface area contributed by atoms with E-state index >= 15 is 0 Å². The van der Waals surface area contributed by atoms with Crippen LogP contribution < -0.4 is 5.73 Å². The zero-order valence-electron chi connectivity index (χ0n) is 9.73. The third-order valence-corrected chi connectivity index (χ3v) is 2.84. The summed E-state index contributed by atoms with van der Waals surface area (Å²) in [6.45, 7) is 1.22. The highest BCUT2D eigenvalue weighted by Crippen LogP contribution is 2.19. The molecule has 1 aromatic heterocycles. The molecule has 0 aliphatic rings. The molecule has 0 saturated heterocycles. The van der Waals surface area contributed by atoms with Gasteiger partial charge in [0.15, 0.2) is 0 Å². The number of rotatable bonds is 4. The number of methoxy groups -OCH3 is 1. The maximum absolute atomic E-state index is 5.70. The zero-order chi connectivity index (χ0) is 11.5. The number of hydrogen-bond donors (Lipinski definition) is 1. The van der Waals surface area contributed by atoms with Crippen molar-refractivity contribution in [3.8, 4) is 0 Å². The molecule has 0 atom stereocenters. The lowest BCUT2D eigenvalue weighted by atomic mass is 10.2. The molecule has 2 aromatic rings. The van der Waals surface area contributed by atoms with Crippen molar-refractivity contribution in [3.63, 3.8) is 0 Å². The van der Waals surface area contributed by atoms with Crippen LogP contribution in [0.3, 0.4) is 0 Å². The summed E-state index contributed by atoms with van der Waals surface area (Å²) in [4.78, 5) is 4.62. The van der Waals surface area contributed by atoms with Gasteiger partial charge in [0.05, 0.1) is 17.6 Å². The Bertz CT molecular complexity index is 490. The van der Waals surface area contributed by atoms with Gasteiger partial charge >= 0.3 is 0 Å². The van der Waals surface area contributed by atoms with Crippen molar-refractivity contribution in [3.05, 3.63) is 29.6 Å². The van der Waals surface area contributed by atoms with Crippen molar-refractivity contribution in [2.45, 2.75) is 13.0 Å². The summed E-state index contributed by atoms with van der Waals surface area (Å²) in [5.74, 6) is 1.04. The third-order valence-electron chi connectivity index (χ3n) is 2.84. The van der Waals surface area contributed by atoms with Crippen LogP contribution in [-0.4, -0.2) is 23.3 Å². The monoisotopic (exact) mass is 219 g/mol. The minimum absolute atomic E-state index is 0.526. The van der Waals surface area contributed by atoms with Gasteiger partial charge in [-0.15, -0.1) is 0 Å². The van der Waals surface area contributed by atoms with Crippen LogP contribution in [0.2, 0.25) is 0 Å². The highest BCUT2D eigenvalue weighted by atomic mass is 16.5. The Kier molecular flexibility index (Phi) is 3.22. The van der Waals surface area contributed by atoms with Gasteiger partial charge in [0.2, 0.25) is 0 Å². The lowest BCUT2D eigenvalue weighted by molar-refractivity contribution is 0.200. The van der Waals surface area contributed by atoms with Crippen LogP contribution in [0.15, 0.2) is 18.2 Å². The standard InChI is InChI=1S/C12H17N3O/c1-15-10-5-3-4-9(8-13)12(10)14-11(15)6-7-16-2/h3-5H,6-8,13H2,1-2H3. The molecule has 2 N–H and O–H groups in total. The Morgan fingerprint density at radius 3 is 2.94 bits per heavy atom.